The van der Waals surface area contributed by atoms with Gasteiger partial charge in [0.05, 0.1) is 27.0 Å². The second-order valence-corrected chi connectivity index (χ2v) is 12.0. The summed E-state index contributed by atoms with van der Waals surface area (Å²) in [6, 6.07) is 10.7. The van der Waals surface area contributed by atoms with Crippen LogP contribution in [0.5, 0.6) is 0 Å². The van der Waals surface area contributed by atoms with E-state index in [4.69, 9.17) is 23.2 Å². The molecule has 1 aliphatic rings. The van der Waals surface area contributed by atoms with E-state index in [-0.39, 0.29) is 33.5 Å². The molecule has 0 radical (unpaired) electrons. The topological polar surface area (TPSA) is 122 Å². The van der Waals surface area contributed by atoms with Crippen LogP contribution in [-0.2, 0) is 28.3 Å². The first-order valence-corrected chi connectivity index (χ1v) is 14.4. The zero-order valence-electron chi connectivity index (χ0n) is 21.6. The van der Waals surface area contributed by atoms with Gasteiger partial charge in [0, 0.05) is 26.6 Å². The monoisotopic (exact) mass is 590 g/mol. The van der Waals surface area contributed by atoms with Gasteiger partial charge >= 0.3 is 5.97 Å². The third-order valence-electron chi connectivity index (χ3n) is 6.77. The molecule has 2 N–H and O–H groups in total. The number of halogens is 2. The zero-order valence-corrected chi connectivity index (χ0v) is 23.9. The number of aromatic nitrogens is 2. The molecule has 1 amide bonds. The summed E-state index contributed by atoms with van der Waals surface area (Å²) < 4.78 is 29.5. The van der Waals surface area contributed by atoms with Gasteiger partial charge in [-0.05, 0) is 49.1 Å². The summed E-state index contributed by atoms with van der Waals surface area (Å²) in [5.74, 6) is -1.86. The van der Waals surface area contributed by atoms with Crippen LogP contribution >= 0.6 is 23.2 Å². The van der Waals surface area contributed by atoms with E-state index in [1.807, 2.05) is 18.2 Å². The van der Waals surface area contributed by atoms with E-state index in [9.17, 15) is 23.1 Å². The molecule has 0 bridgehead atoms. The maximum absolute atomic E-state index is 13.2. The molecule has 0 saturated carbocycles. The summed E-state index contributed by atoms with van der Waals surface area (Å²) in [5.41, 5.74) is 3.73. The van der Waals surface area contributed by atoms with Crippen LogP contribution in [0.15, 0.2) is 53.4 Å². The quantitative estimate of drug-likeness (QED) is 0.404. The summed E-state index contributed by atoms with van der Waals surface area (Å²) >= 11 is 12.2. The Labute approximate surface area is 237 Å². The average molecular weight is 592 g/mol. The molecule has 3 aromatic rings. The Morgan fingerprint density at radius 3 is 2.26 bits per heavy atom. The minimum absolute atomic E-state index is 0.0246. The van der Waals surface area contributed by atoms with Crippen molar-refractivity contribution in [2.45, 2.75) is 37.6 Å². The van der Waals surface area contributed by atoms with Crippen LogP contribution in [-0.4, -0.2) is 58.6 Å². The normalized spacial score (nSPS) is 15.1. The molecule has 9 nitrogen and oxygen atoms in total. The third-order valence-corrected chi connectivity index (χ3v) is 9.52. The van der Waals surface area contributed by atoms with Crippen LogP contribution in [0.4, 0.5) is 0 Å². The Kier molecular flexibility index (Phi) is 8.51. The summed E-state index contributed by atoms with van der Waals surface area (Å²) in [6.45, 7) is 4.01. The Balaban J connectivity index is 1.44. The van der Waals surface area contributed by atoms with Crippen molar-refractivity contribution in [3.05, 3.63) is 86.7 Å². The Bertz CT molecular complexity index is 1550. The highest BCUT2D eigenvalue weighted by atomic mass is 35.5. The van der Waals surface area contributed by atoms with Gasteiger partial charge in [0.25, 0.3) is 5.91 Å². The minimum atomic E-state index is -3.67. The number of carbonyl (C=O) groups excluding carboxylic acids is 1. The number of rotatable bonds is 8. The van der Waals surface area contributed by atoms with Gasteiger partial charge < -0.3 is 10.4 Å². The number of amides is 1. The first-order chi connectivity index (χ1) is 18.4. The predicted octanol–water partition coefficient (Wildman–Crippen LogP) is 4.25. The summed E-state index contributed by atoms with van der Waals surface area (Å²) in [6.07, 6.45) is 2.48. The number of aryl methyl sites for hydroxylation is 2. The number of nitrogens with one attached hydrogen (secondary N) is 1. The summed E-state index contributed by atoms with van der Waals surface area (Å²) in [7, 11) is -1.95. The molecule has 12 heteroatoms. The molecule has 206 valence electrons. The Morgan fingerprint density at radius 1 is 1.10 bits per heavy atom. The fourth-order valence-electron chi connectivity index (χ4n) is 4.62. The van der Waals surface area contributed by atoms with Crippen molar-refractivity contribution in [2.75, 3.05) is 13.1 Å². The van der Waals surface area contributed by atoms with Crippen molar-refractivity contribution in [3.63, 3.8) is 0 Å². The number of sulfonamides is 1. The van der Waals surface area contributed by atoms with Crippen LogP contribution in [0.3, 0.4) is 0 Å². The maximum Gasteiger partial charge on any atom is 0.326 e. The van der Waals surface area contributed by atoms with E-state index in [1.54, 1.807) is 43.8 Å². The lowest BCUT2D eigenvalue weighted by atomic mass is 9.97. The molecule has 0 unspecified atom stereocenters. The molecule has 1 aliphatic heterocycles. The van der Waals surface area contributed by atoms with E-state index in [1.165, 1.54) is 16.4 Å². The summed E-state index contributed by atoms with van der Waals surface area (Å²) in [5, 5.41) is 16.7. The van der Waals surface area contributed by atoms with Crippen molar-refractivity contribution in [3.8, 4) is 0 Å². The molecule has 0 fully saturated rings. The molecule has 0 spiro atoms. The van der Waals surface area contributed by atoms with Gasteiger partial charge in [-0.1, -0.05) is 59.6 Å². The minimum Gasteiger partial charge on any atom is -0.480 e. The summed E-state index contributed by atoms with van der Waals surface area (Å²) in [4.78, 5) is 24.8. The SMILES string of the molecule is Cc1nn(C)c(C)c1S(=O)(=O)N1CC=C(c2ccc(C[C@H](NC(=O)c3c(Cl)cccc3Cl)C(=O)O)cc2)CC1. The van der Waals surface area contributed by atoms with Crippen LogP contribution in [0.25, 0.3) is 5.57 Å². The number of hydrogen-bond acceptors (Lipinski definition) is 5. The third kappa shape index (κ3) is 6.04. The van der Waals surface area contributed by atoms with Gasteiger partial charge in [0.1, 0.15) is 10.9 Å². The highest BCUT2D eigenvalue weighted by Crippen LogP contribution is 2.29. The number of aliphatic carboxylic acids is 1. The average Bonchev–Trinajstić information content (AvgIpc) is 3.15. The molecule has 1 aromatic heterocycles. The fourth-order valence-corrected chi connectivity index (χ4v) is 6.97. The smallest absolute Gasteiger partial charge is 0.326 e. The van der Waals surface area contributed by atoms with Gasteiger partial charge in [-0.25, -0.2) is 13.2 Å². The lowest BCUT2D eigenvalue weighted by Gasteiger charge is -2.26. The largest absolute Gasteiger partial charge is 0.480 e. The van der Waals surface area contributed by atoms with Crippen molar-refractivity contribution in [1.82, 2.24) is 19.4 Å². The molecular weight excluding hydrogens is 563 g/mol. The van der Waals surface area contributed by atoms with Gasteiger partial charge in [-0.15, -0.1) is 0 Å². The first-order valence-electron chi connectivity index (χ1n) is 12.2. The van der Waals surface area contributed by atoms with Gasteiger partial charge in [-0.2, -0.15) is 9.40 Å². The number of nitrogens with zero attached hydrogens (tertiary/aromatic N) is 3. The fraction of sp³-hybridized carbons (Fsp3) is 0.296. The van der Waals surface area contributed by atoms with E-state index < -0.39 is 27.9 Å². The lowest BCUT2D eigenvalue weighted by molar-refractivity contribution is -0.139. The van der Waals surface area contributed by atoms with E-state index in [2.05, 4.69) is 10.4 Å². The van der Waals surface area contributed by atoms with E-state index >= 15 is 0 Å². The number of carboxylic acids is 1. The molecule has 0 saturated heterocycles. The van der Waals surface area contributed by atoms with E-state index in [0.29, 0.717) is 29.9 Å². The standard InChI is InChI=1S/C27H28Cl2N4O5S/c1-16-25(17(2)32(3)31-16)39(37,38)33-13-11-20(12-14-33)19-9-7-18(8-10-19)15-23(27(35)36)30-26(34)24-21(28)5-4-6-22(24)29/h4-11,23H,12-15H2,1-3H3,(H,30,34)(H,35,36)/t23-/m0/s1. The van der Waals surface area contributed by atoms with Crippen molar-refractivity contribution in [1.29, 1.82) is 0 Å². The number of hydrogen-bond donors (Lipinski definition) is 2. The predicted molar refractivity (Wildman–Crippen MR) is 150 cm³/mol. The second kappa shape index (κ2) is 11.5. The van der Waals surface area contributed by atoms with Crippen LogP contribution in [0.2, 0.25) is 10.0 Å². The highest BCUT2D eigenvalue weighted by molar-refractivity contribution is 7.89. The molecular formula is C27H28Cl2N4O5S. The second-order valence-electron chi connectivity index (χ2n) is 9.33. The molecule has 39 heavy (non-hydrogen) atoms. The first kappa shape index (κ1) is 28.8. The molecule has 1 atom stereocenters. The zero-order chi connectivity index (χ0) is 28.5. The Morgan fingerprint density at radius 2 is 1.74 bits per heavy atom. The van der Waals surface area contributed by atoms with Crippen LogP contribution in [0, 0.1) is 13.8 Å². The number of carboxylic acid groups (broad SMARTS) is 1. The van der Waals surface area contributed by atoms with Crippen molar-refractivity contribution < 1.29 is 23.1 Å². The van der Waals surface area contributed by atoms with Crippen molar-refractivity contribution in [2.24, 2.45) is 7.05 Å². The molecule has 2 heterocycles. The van der Waals surface area contributed by atoms with Crippen LogP contribution < -0.4 is 5.32 Å². The molecule has 0 aliphatic carbocycles. The maximum atomic E-state index is 13.2. The number of carbonyl (C=O) groups is 2. The van der Waals surface area contributed by atoms with Gasteiger partial charge in [0.2, 0.25) is 10.0 Å². The highest BCUT2D eigenvalue weighted by Gasteiger charge is 2.31. The lowest BCUT2D eigenvalue weighted by Crippen LogP contribution is -2.42. The van der Waals surface area contributed by atoms with Crippen molar-refractivity contribution >= 4 is 50.7 Å². The molecule has 2 aromatic carbocycles. The number of benzene rings is 2. The molecule has 4 rings (SSSR count). The van der Waals surface area contributed by atoms with Gasteiger partial charge in [-0.3, -0.25) is 9.48 Å². The Hall–Kier alpha value is -3.18. The van der Waals surface area contributed by atoms with Gasteiger partial charge in [0.15, 0.2) is 0 Å². The van der Waals surface area contributed by atoms with Crippen LogP contribution in [0.1, 0.15) is 39.3 Å². The van der Waals surface area contributed by atoms with E-state index in [0.717, 1.165) is 11.1 Å².